The lowest BCUT2D eigenvalue weighted by Gasteiger charge is -2.08. The third-order valence-electron chi connectivity index (χ3n) is 9.56. The van der Waals surface area contributed by atoms with Crippen LogP contribution in [-0.2, 0) is 0 Å². The van der Waals surface area contributed by atoms with E-state index < -0.39 is 0 Å². The molecule has 2 aliphatic heterocycles. The van der Waals surface area contributed by atoms with Gasteiger partial charge in [0.2, 0.25) is 0 Å². The molecule has 0 aliphatic carbocycles. The first-order valence-corrected chi connectivity index (χ1v) is 17.3. The molecule has 4 aromatic carbocycles. The predicted octanol–water partition coefficient (Wildman–Crippen LogP) is 12.3. The van der Waals surface area contributed by atoms with Crippen LogP contribution in [-0.4, -0.2) is 19.9 Å². The Hall–Kier alpha value is -6.78. The van der Waals surface area contributed by atoms with Gasteiger partial charge in [-0.2, -0.15) is 0 Å². The molecule has 242 valence electrons. The molecule has 4 nitrogen and oxygen atoms in total. The Morgan fingerprint density at radius 3 is 1.22 bits per heavy atom. The van der Waals surface area contributed by atoms with Crippen molar-refractivity contribution in [1.82, 2.24) is 19.9 Å². The van der Waals surface area contributed by atoms with Crippen molar-refractivity contribution in [1.29, 1.82) is 0 Å². The van der Waals surface area contributed by atoms with E-state index in [2.05, 4.69) is 180 Å². The molecule has 0 saturated carbocycles. The second-order valence-corrected chi connectivity index (χ2v) is 12.8. The summed E-state index contributed by atoms with van der Waals surface area (Å²) in [5.74, 6) is 0. The van der Waals surface area contributed by atoms with E-state index in [9.17, 15) is 0 Å². The lowest BCUT2D eigenvalue weighted by Crippen LogP contribution is -1.91. The minimum atomic E-state index is 0.678. The van der Waals surface area contributed by atoms with Gasteiger partial charge in [0.1, 0.15) is 0 Å². The summed E-state index contributed by atoms with van der Waals surface area (Å²) in [5, 5.41) is 0. The molecule has 2 N–H and O–H groups in total. The number of hydrogen-bond acceptors (Lipinski definition) is 2. The monoisotopic (exact) mass is 654 g/mol. The van der Waals surface area contributed by atoms with Crippen LogP contribution in [0, 0.1) is 0 Å². The maximum atomic E-state index is 5.52. The highest BCUT2D eigenvalue weighted by molar-refractivity contribution is 6.02. The average Bonchev–Trinajstić information content (AvgIpc) is 4.01. The molecule has 5 heterocycles. The van der Waals surface area contributed by atoms with Gasteiger partial charge < -0.3 is 9.97 Å². The minimum Gasteiger partial charge on any atom is -0.354 e. The molecule has 2 aliphatic rings. The molecular formula is C47H34N4. The van der Waals surface area contributed by atoms with Gasteiger partial charge in [-0.1, -0.05) is 127 Å². The average molecular weight is 655 g/mol. The van der Waals surface area contributed by atoms with Crippen molar-refractivity contribution >= 4 is 45.9 Å². The molecule has 7 aromatic rings. The van der Waals surface area contributed by atoms with Crippen molar-refractivity contribution in [3.8, 4) is 44.5 Å². The van der Waals surface area contributed by atoms with Gasteiger partial charge in [0.25, 0.3) is 0 Å². The van der Waals surface area contributed by atoms with Crippen molar-refractivity contribution in [2.75, 3.05) is 0 Å². The Balaban J connectivity index is 1.51. The van der Waals surface area contributed by atoms with Crippen LogP contribution in [0.15, 0.2) is 158 Å². The highest BCUT2D eigenvalue weighted by Crippen LogP contribution is 2.41. The molecular weight excluding hydrogens is 621 g/mol. The van der Waals surface area contributed by atoms with Crippen molar-refractivity contribution < 1.29 is 0 Å². The number of aromatic amines is 2. The quantitative estimate of drug-likeness (QED) is 0.175. The topological polar surface area (TPSA) is 57.4 Å². The van der Waals surface area contributed by atoms with Crippen LogP contribution in [0.3, 0.4) is 0 Å². The molecule has 0 radical (unpaired) electrons. The van der Waals surface area contributed by atoms with Crippen LogP contribution in [0.5, 0.6) is 0 Å². The highest BCUT2D eigenvalue weighted by atomic mass is 14.8. The Labute approximate surface area is 296 Å². The third-order valence-corrected chi connectivity index (χ3v) is 9.56. The van der Waals surface area contributed by atoms with Crippen LogP contribution < -0.4 is 0 Å². The van der Waals surface area contributed by atoms with Crippen molar-refractivity contribution in [3.63, 3.8) is 0 Å². The number of fused-ring (bicyclic) bond motifs is 8. The number of H-pyrrole nitrogens is 2. The van der Waals surface area contributed by atoms with Gasteiger partial charge >= 0.3 is 0 Å². The molecule has 9 rings (SSSR count). The summed E-state index contributed by atoms with van der Waals surface area (Å²) in [6.45, 7) is 4.14. The second-order valence-electron chi connectivity index (χ2n) is 12.8. The van der Waals surface area contributed by atoms with Gasteiger partial charge in [-0.05, 0) is 76.7 Å². The summed E-state index contributed by atoms with van der Waals surface area (Å²) >= 11 is 0. The first kappa shape index (κ1) is 30.3. The molecule has 0 atom stereocenters. The van der Waals surface area contributed by atoms with E-state index in [1.165, 1.54) is 0 Å². The lowest BCUT2D eigenvalue weighted by molar-refractivity contribution is 1.28. The molecule has 8 bridgehead atoms. The van der Waals surface area contributed by atoms with Crippen molar-refractivity contribution in [2.45, 2.75) is 6.42 Å². The Bertz CT molecular complexity index is 2640. The molecule has 0 saturated heterocycles. The highest BCUT2D eigenvalue weighted by Gasteiger charge is 2.21. The van der Waals surface area contributed by atoms with Gasteiger partial charge in [0.15, 0.2) is 0 Å². The summed E-state index contributed by atoms with van der Waals surface area (Å²) in [6.07, 6.45) is 9.15. The van der Waals surface area contributed by atoms with E-state index in [0.29, 0.717) is 6.42 Å². The molecule has 0 unspecified atom stereocenters. The number of hydrogen-bond donors (Lipinski definition) is 2. The molecule has 4 heteroatoms. The third kappa shape index (κ3) is 5.53. The number of allylic oxidation sites excluding steroid dienone is 2. The SMILES string of the molecule is C=CCC1=Cc2nc1c(-c1ccccc1)c1ccc([nH]1)c(-c1ccccc1)c1nc(c(-c3ccccc3)c3ccc([nH]3)c2-c2ccccc2)C=C1. The van der Waals surface area contributed by atoms with E-state index in [4.69, 9.17) is 9.97 Å². The molecule has 0 fully saturated rings. The minimum absolute atomic E-state index is 0.678. The molecule has 51 heavy (non-hydrogen) atoms. The molecule has 0 spiro atoms. The van der Waals surface area contributed by atoms with E-state index in [-0.39, 0.29) is 0 Å². The predicted molar refractivity (Wildman–Crippen MR) is 214 cm³/mol. The van der Waals surface area contributed by atoms with Crippen molar-refractivity contribution in [3.05, 3.63) is 181 Å². The van der Waals surface area contributed by atoms with E-state index >= 15 is 0 Å². The Kier molecular flexibility index (Phi) is 7.67. The zero-order valence-corrected chi connectivity index (χ0v) is 28.0. The Morgan fingerprint density at radius 2 is 0.804 bits per heavy atom. The van der Waals surface area contributed by atoms with Crippen LogP contribution in [0.25, 0.3) is 90.4 Å². The number of nitrogens with zero attached hydrogens (tertiary/aromatic N) is 2. The number of benzene rings is 4. The van der Waals surface area contributed by atoms with Gasteiger partial charge in [-0.25, -0.2) is 9.97 Å². The first-order valence-electron chi connectivity index (χ1n) is 17.3. The van der Waals surface area contributed by atoms with Crippen LogP contribution >= 0.6 is 0 Å². The maximum Gasteiger partial charge on any atom is 0.0772 e. The van der Waals surface area contributed by atoms with Gasteiger partial charge in [0, 0.05) is 44.3 Å². The number of nitrogens with one attached hydrogen (secondary N) is 2. The zero-order chi connectivity index (χ0) is 34.1. The summed E-state index contributed by atoms with van der Waals surface area (Å²) in [7, 11) is 0. The van der Waals surface area contributed by atoms with Crippen LogP contribution in [0.4, 0.5) is 0 Å². The second kappa shape index (κ2) is 12.9. The van der Waals surface area contributed by atoms with Gasteiger partial charge in [-0.15, -0.1) is 6.58 Å². The first-order chi connectivity index (χ1) is 25.2. The lowest BCUT2D eigenvalue weighted by atomic mass is 9.98. The van der Waals surface area contributed by atoms with Crippen molar-refractivity contribution in [2.24, 2.45) is 0 Å². The van der Waals surface area contributed by atoms with Crippen LogP contribution in [0.2, 0.25) is 0 Å². The van der Waals surface area contributed by atoms with Crippen LogP contribution in [0.1, 0.15) is 29.2 Å². The molecule has 3 aromatic heterocycles. The summed E-state index contributed by atoms with van der Waals surface area (Å²) < 4.78 is 0. The van der Waals surface area contributed by atoms with Gasteiger partial charge in [-0.3, -0.25) is 0 Å². The summed E-state index contributed by atoms with van der Waals surface area (Å²) in [6, 6.07) is 50.8. The Morgan fingerprint density at radius 1 is 0.431 bits per heavy atom. The fraction of sp³-hybridized carbons (Fsp3) is 0.0213. The standard InChI is InChI=1S/C47H34N4/c1-2-15-35-30-42-45(33-20-11-5-12-21-33)40-27-26-38(49-40)43(31-16-7-3-8-17-31)36-24-25-37(48-36)44(32-18-9-4-10-19-32)39-28-29-41(50-39)46(47(35)51-42)34-22-13-6-14-23-34/h2-14,16-30,49-50H,1,15H2. The van der Waals surface area contributed by atoms with E-state index in [0.717, 1.165) is 94.9 Å². The van der Waals surface area contributed by atoms with Gasteiger partial charge in [0.05, 0.1) is 22.8 Å². The van der Waals surface area contributed by atoms with E-state index in [1.54, 1.807) is 0 Å². The smallest absolute Gasteiger partial charge is 0.0772 e. The summed E-state index contributed by atoms with van der Waals surface area (Å²) in [4.78, 5) is 18.6. The zero-order valence-electron chi connectivity index (χ0n) is 28.0. The van der Waals surface area contributed by atoms with E-state index in [1.807, 2.05) is 6.08 Å². The summed E-state index contributed by atoms with van der Waals surface area (Å²) in [5.41, 5.74) is 17.2. The normalized spacial score (nSPS) is 12.1. The molecule has 0 amide bonds. The number of rotatable bonds is 6. The fourth-order valence-corrected chi connectivity index (χ4v) is 7.29. The largest absolute Gasteiger partial charge is 0.354 e. The fourth-order valence-electron chi connectivity index (χ4n) is 7.29. The number of aromatic nitrogens is 4. The maximum absolute atomic E-state index is 5.52.